The minimum atomic E-state index is -0.705. The van der Waals surface area contributed by atoms with Crippen molar-refractivity contribution in [1.82, 2.24) is 9.13 Å². The van der Waals surface area contributed by atoms with Crippen molar-refractivity contribution in [1.29, 1.82) is 0 Å². The molecule has 0 bridgehead atoms. The topological polar surface area (TPSA) is 44.0 Å². The van der Waals surface area contributed by atoms with Crippen molar-refractivity contribution in [2.24, 2.45) is 0 Å². The van der Waals surface area contributed by atoms with E-state index in [0.29, 0.717) is 6.54 Å². The van der Waals surface area contributed by atoms with Crippen LogP contribution in [0.1, 0.15) is 6.92 Å². The van der Waals surface area contributed by atoms with E-state index in [9.17, 15) is 14.0 Å². The van der Waals surface area contributed by atoms with Gasteiger partial charge in [-0.3, -0.25) is 9.36 Å². The van der Waals surface area contributed by atoms with Crippen LogP contribution in [0.2, 0.25) is 0 Å². The van der Waals surface area contributed by atoms with Gasteiger partial charge in [-0.15, -0.1) is 0 Å². The summed E-state index contributed by atoms with van der Waals surface area (Å²) < 4.78 is 14.2. The first kappa shape index (κ1) is 9.70. The van der Waals surface area contributed by atoms with Crippen LogP contribution in [-0.4, -0.2) is 15.8 Å². The molecule has 0 spiro atoms. The van der Waals surface area contributed by atoms with Crippen molar-refractivity contribution >= 4 is 0 Å². The summed E-state index contributed by atoms with van der Waals surface area (Å²) in [6.07, 6.45) is 1.42. The van der Waals surface area contributed by atoms with E-state index in [1.165, 1.54) is 16.8 Å². The summed E-state index contributed by atoms with van der Waals surface area (Å²) in [6.45, 7) is 1.39. The van der Waals surface area contributed by atoms with Gasteiger partial charge < -0.3 is 4.57 Å². The summed E-state index contributed by atoms with van der Waals surface area (Å²) in [5.74, 6) is 0. The zero-order valence-electron chi connectivity index (χ0n) is 7.36. The van der Waals surface area contributed by atoms with E-state index in [1.54, 1.807) is 6.92 Å². The Bertz CT molecular complexity index is 394. The molecule has 13 heavy (non-hydrogen) atoms. The molecular weight excluding hydrogens is 175 g/mol. The lowest BCUT2D eigenvalue weighted by molar-refractivity contribution is 0.424. The quantitative estimate of drug-likeness (QED) is 0.667. The van der Waals surface area contributed by atoms with Gasteiger partial charge in [0.05, 0.1) is 6.54 Å². The monoisotopic (exact) mass is 186 g/mol. The molecule has 0 atom stereocenters. The van der Waals surface area contributed by atoms with Gasteiger partial charge in [-0.2, -0.15) is 0 Å². The fraction of sp³-hybridized carbons (Fsp3) is 0.500. The molecule has 1 heterocycles. The highest BCUT2D eigenvalue weighted by Crippen LogP contribution is 1.79. The fourth-order valence-corrected chi connectivity index (χ4v) is 1.09. The molecule has 0 radical (unpaired) electrons. The highest BCUT2D eigenvalue weighted by atomic mass is 19.1. The molecule has 72 valence electrons. The van der Waals surface area contributed by atoms with Gasteiger partial charge in [0.1, 0.15) is 6.67 Å². The number of aromatic nitrogens is 2. The first-order chi connectivity index (χ1) is 6.20. The second kappa shape index (κ2) is 4.02. The van der Waals surface area contributed by atoms with E-state index in [2.05, 4.69) is 0 Å². The van der Waals surface area contributed by atoms with E-state index >= 15 is 0 Å². The minimum Gasteiger partial charge on any atom is -0.301 e. The van der Waals surface area contributed by atoms with Crippen LogP contribution in [0.4, 0.5) is 4.39 Å². The van der Waals surface area contributed by atoms with Crippen LogP contribution >= 0.6 is 0 Å². The summed E-state index contributed by atoms with van der Waals surface area (Å²) in [5.41, 5.74) is -0.903. The second-order valence-electron chi connectivity index (χ2n) is 2.56. The van der Waals surface area contributed by atoms with Crippen molar-refractivity contribution in [3.8, 4) is 0 Å². The van der Waals surface area contributed by atoms with Gasteiger partial charge >= 0.3 is 5.69 Å². The molecule has 1 rings (SSSR count). The standard InChI is InChI=1S/C8H11FN2O2/c1-2-10-5-3-7(12)11(6-4-9)8(10)13/h3,5H,2,4,6H2,1H3. The van der Waals surface area contributed by atoms with Crippen molar-refractivity contribution in [3.05, 3.63) is 33.1 Å². The van der Waals surface area contributed by atoms with Crippen LogP contribution in [0.5, 0.6) is 0 Å². The zero-order valence-corrected chi connectivity index (χ0v) is 7.36. The molecule has 0 aliphatic rings. The Morgan fingerprint density at radius 2 is 2.15 bits per heavy atom. The fourth-order valence-electron chi connectivity index (χ4n) is 1.09. The summed E-state index contributed by atoms with van der Waals surface area (Å²) in [7, 11) is 0. The highest BCUT2D eigenvalue weighted by molar-refractivity contribution is 4.85. The Morgan fingerprint density at radius 1 is 1.46 bits per heavy atom. The van der Waals surface area contributed by atoms with Crippen molar-refractivity contribution in [3.63, 3.8) is 0 Å². The SMILES string of the molecule is CCn1ccc(=O)n(CCF)c1=O. The molecule has 0 aromatic carbocycles. The maximum Gasteiger partial charge on any atom is 0.331 e. The molecule has 0 amide bonds. The number of alkyl halides is 1. The molecule has 0 fully saturated rings. The van der Waals surface area contributed by atoms with E-state index in [-0.39, 0.29) is 6.54 Å². The lowest BCUT2D eigenvalue weighted by atomic mass is 10.5. The molecule has 0 aliphatic heterocycles. The second-order valence-corrected chi connectivity index (χ2v) is 2.56. The van der Waals surface area contributed by atoms with Gasteiger partial charge in [0.2, 0.25) is 0 Å². The third kappa shape index (κ3) is 1.85. The molecule has 0 aliphatic carbocycles. The minimum absolute atomic E-state index is 0.168. The van der Waals surface area contributed by atoms with Gasteiger partial charge in [-0.25, -0.2) is 9.18 Å². The molecule has 1 aromatic heterocycles. The third-order valence-corrected chi connectivity index (χ3v) is 1.79. The molecule has 1 aromatic rings. The van der Waals surface area contributed by atoms with Crippen LogP contribution < -0.4 is 11.2 Å². The predicted molar refractivity (Wildman–Crippen MR) is 46.6 cm³/mol. The van der Waals surface area contributed by atoms with Crippen molar-refractivity contribution < 1.29 is 4.39 Å². The number of nitrogens with zero attached hydrogens (tertiary/aromatic N) is 2. The average Bonchev–Trinajstić information content (AvgIpc) is 2.12. The normalized spacial score (nSPS) is 10.3. The van der Waals surface area contributed by atoms with Crippen LogP contribution in [0.3, 0.4) is 0 Å². The van der Waals surface area contributed by atoms with E-state index in [4.69, 9.17) is 0 Å². The Balaban J connectivity index is 3.31. The zero-order chi connectivity index (χ0) is 9.84. The number of rotatable bonds is 3. The van der Waals surface area contributed by atoms with Crippen LogP contribution in [0, 0.1) is 0 Å². The number of aryl methyl sites for hydroxylation is 1. The van der Waals surface area contributed by atoms with Gasteiger partial charge in [-0.05, 0) is 6.92 Å². The lowest BCUT2D eigenvalue weighted by Gasteiger charge is -2.05. The van der Waals surface area contributed by atoms with Crippen molar-refractivity contribution in [2.75, 3.05) is 6.67 Å². The molecular formula is C8H11FN2O2. The molecule has 0 saturated heterocycles. The summed E-state index contributed by atoms with van der Waals surface area (Å²) in [5, 5.41) is 0. The van der Waals surface area contributed by atoms with Crippen LogP contribution in [-0.2, 0) is 13.1 Å². The molecule has 0 saturated carbocycles. The third-order valence-electron chi connectivity index (χ3n) is 1.79. The summed E-state index contributed by atoms with van der Waals surface area (Å²) in [4.78, 5) is 22.5. The van der Waals surface area contributed by atoms with E-state index in [0.717, 1.165) is 4.57 Å². The number of hydrogen-bond donors (Lipinski definition) is 0. The van der Waals surface area contributed by atoms with Gasteiger partial charge in [0.25, 0.3) is 5.56 Å². The van der Waals surface area contributed by atoms with Gasteiger partial charge in [0, 0.05) is 18.8 Å². The van der Waals surface area contributed by atoms with E-state index < -0.39 is 17.9 Å². The Hall–Kier alpha value is -1.39. The van der Waals surface area contributed by atoms with Crippen LogP contribution in [0.25, 0.3) is 0 Å². The van der Waals surface area contributed by atoms with Gasteiger partial charge in [0.15, 0.2) is 0 Å². The molecule has 0 unspecified atom stereocenters. The predicted octanol–water partition coefficient (Wildman–Crippen LogP) is -0.000600. The molecule has 4 nitrogen and oxygen atoms in total. The first-order valence-electron chi connectivity index (χ1n) is 4.07. The summed E-state index contributed by atoms with van der Waals surface area (Å²) >= 11 is 0. The Labute approximate surface area is 74.2 Å². The molecule has 5 heteroatoms. The highest BCUT2D eigenvalue weighted by Gasteiger charge is 2.02. The maximum atomic E-state index is 12.0. The van der Waals surface area contributed by atoms with Crippen molar-refractivity contribution in [2.45, 2.75) is 20.0 Å². The molecule has 0 N–H and O–H groups in total. The Morgan fingerprint density at radius 3 is 2.69 bits per heavy atom. The smallest absolute Gasteiger partial charge is 0.301 e. The lowest BCUT2D eigenvalue weighted by Crippen LogP contribution is -2.39. The number of hydrogen-bond acceptors (Lipinski definition) is 2. The first-order valence-corrected chi connectivity index (χ1v) is 4.07. The van der Waals surface area contributed by atoms with Crippen LogP contribution in [0.15, 0.2) is 21.9 Å². The van der Waals surface area contributed by atoms with E-state index in [1.807, 2.05) is 0 Å². The Kier molecular flexibility index (Phi) is 3.00. The van der Waals surface area contributed by atoms with Gasteiger partial charge in [-0.1, -0.05) is 0 Å². The largest absolute Gasteiger partial charge is 0.331 e. The maximum absolute atomic E-state index is 12.0. The number of halogens is 1. The average molecular weight is 186 g/mol. The summed E-state index contributed by atoms with van der Waals surface area (Å²) in [6, 6.07) is 1.26.